The Kier molecular flexibility index (Phi) is 6.77. The first-order valence-corrected chi connectivity index (χ1v) is 12.2. The number of nitrogens with zero attached hydrogens (tertiary/aromatic N) is 2. The maximum Gasteiger partial charge on any atom is 0.336 e. The van der Waals surface area contributed by atoms with Gasteiger partial charge in [0.15, 0.2) is 0 Å². The fraction of sp³-hybridized carbons (Fsp3) is 0.233. The van der Waals surface area contributed by atoms with Crippen molar-refractivity contribution in [1.29, 1.82) is 0 Å². The van der Waals surface area contributed by atoms with Crippen molar-refractivity contribution in [3.05, 3.63) is 101 Å². The Morgan fingerprint density at radius 1 is 0.919 bits per heavy atom. The normalized spacial score (nSPS) is 19.8. The molecule has 1 fully saturated rings. The van der Waals surface area contributed by atoms with Crippen molar-refractivity contribution >= 4 is 23.7 Å². The van der Waals surface area contributed by atoms with E-state index in [4.69, 9.17) is 14.6 Å². The third-order valence-electron chi connectivity index (χ3n) is 7.01. The highest BCUT2D eigenvalue weighted by Gasteiger charge is 2.44. The van der Waals surface area contributed by atoms with E-state index in [-0.39, 0.29) is 23.1 Å². The molecule has 1 aliphatic carbocycles. The molecule has 0 radical (unpaired) electrons. The Morgan fingerprint density at radius 3 is 2.16 bits per heavy atom. The molecule has 188 valence electrons. The lowest BCUT2D eigenvalue weighted by molar-refractivity contribution is 0.0646. The zero-order valence-electron chi connectivity index (χ0n) is 20.8. The highest BCUT2D eigenvalue weighted by Crippen LogP contribution is 2.45. The molecule has 1 aliphatic heterocycles. The van der Waals surface area contributed by atoms with E-state index >= 15 is 0 Å². The second-order valence-electron chi connectivity index (χ2n) is 9.15. The van der Waals surface area contributed by atoms with Gasteiger partial charge in [-0.1, -0.05) is 36.4 Å². The highest BCUT2D eigenvalue weighted by atomic mass is 16.5. The molecule has 37 heavy (non-hydrogen) atoms. The second-order valence-corrected chi connectivity index (χ2v) is 9.15. The SMILES string of the molecule is COc1ccc(/C=C2\CCC[C@@H]3C2=NN(C(=O)c2ccccc2C(=O)O)[C@H]3c2ccc(OC)cc2)cc1. The van der Waals surface area contributed by atoms with Crippen molar-refractivity contribution in [2.45, 2.75) is 25.3 Å². The number of hydrogen-bond acceptors (Lipinski definition) is 5. The third-order valence-corrected chi connectivity index (χ3v) is 7.01. The van der Waals surface area contributed by atoms with E-state index in [0.29, 0.717) is 0 Å². The number of hydrogen-bond donors (Lipinski definition) is 1. The van der Waals surface area contributed by atoms with E-state index < -0.39 is 11.9 Å². The van der Waals surface area contributed by atoms with Crippen LogP contribution in [-0.2, 0) is 0 Å². The number of aromatic carboxylic acids is 1. The summed E-state index contributed by atoms with van der Waals surface area (Å²) in [6.45, 7) is 0. The van der Waals surface area contributed by atoms with Gasteiger partial charge in [0, 0.05) is 5.92 Å². The average Bonchev–Trinajstić information content (AvgIpc) is 3.33. The van der Waals surface area contributed by atoms with Crippen molar-refractivity contribution < 1.29 is 24.2 Å². The van der Waals surface area contributed by atoms with Gasteiger partial charge in [0.1, 0.15) is 11.5 Å². The van der Waals surface area contributed by atoms with E-state index in [1.54, 1.807) is 32.4 Å². The van der Waals surface area contributed by atoms with Crippen LogP contribution in [-0.4, -0.2) is 41.9 Å². The molecule has 7 nitrogen and oxygen atoms in total. The van der Waals surface area contributed by atoms with Crippen LogP contribution in [0, 0.1) is 5.92 Å². The Balaban J connectivity index is 1.59. The van der Waals surface area contributed by atoms with Crippen LogP contribution in [0.15, 0.2) is 83.5 Å². The number of carbonyl (C=O) groups excluding carboxylic acids is 1. The molecule has 7 heteroatoms. The lowest BCUT2D eigenvalue weighted by atomic mass is 9.77. The molecule has 2 atom stereocenters. The van der Waals surface area contributed by atoms with Gasteiger partial charge in [-0.05, 0) is 78.4 Å². The van der Waals surface area contributed by atoms with Crippen LogP contribution in [0.3, 0.4) is 0 Å². The lowest BCUT2D eigenvalue weighted by Crippen LogP contribution is -2.32. The molecule has 2 aliphatic rings. The Bertz CT molecular complexity index is 1380. The zero-order valence-corrected chi connectivity index (χ0v) is 20.8. The molecule has 1 N–H and O–H groups in total. The topological polar surface area (TPSA) is 88.4 Å². The van der Waals surface area contributed by atoms with Gasteiger partial charge in [-0.3, -0.25) is 4.79 Å². The van der Waals surface area contributed by atoms with E-state index in [1.165, 1.54) is 11.1 Å². The summed E-state index contributed by atoms with van der Waals surface area (Å²) in [7, 11) is 3.25. The number of ether oxygens (including phenoxy) is 2. The maximum absolute atomic E-state index is 13.9. The number of rotatable bonds is 6. The number of hydrazone groups is 1. The van der Waals surface area contributed by atoms with Gasteiger partial charge >= 0.3 is 5.97 Å². The summed E-state index contributed by atoms with van der Waals surface area (Å²) in [5, 5.41) is 16.1. The molecule has 0 spiro atoms. The quantitative estimate of drug-likeness (QED) is 0.463. The fourth-order valence-corrected chi connectivity index (χ4v) is 5.18. The van der Waals surface area contributed by atoms with Gasteiger partial charge in [-0.2, -0.15) is 5.10 Å². The summed E-state index contributed by atoms with van der Waals surface area (Å²) < 4.78 is 10.6. The molecule has 0 aromatic heterocycles. The first-order valence-electron chi connectivity index (χ1n) is 12.2. The first-order chi connectivity index (χ1) is 18.0. The molecule has 3 aromatic rings. The van der Waals surface area contributed by atoms with Crippen molar-refractivity contribution in [2.75, 3.05) is 14.2 Å². The van der Waals surface area contributed by atoms with Gasteiger partial charge in [-0.25, -0.2) is 9.80 Å². The third kappa shape index (κ3) is 4.72. The van der Waals surface area contributed by atoms with Crippen molar-refractivity contribution in [3.63, 3.8) is 0 Å². The number of carbonyl (C=O) groups is 2. The number of amides is 1. The molecule has 0 unspecified atom stereocenters. The number of carboxylic acids is 1. The van der Waals surface area contributed by atoms with Crippen LogP contribution in [0.2, 0.25) is 0 Å². The molecule has 1 amide bonds. The Hall–Kier alpha value is -4.39. The minimum atomic E-state index is -1.14. The maximum atomic E-state index is 13.9. The number of benzene rings is 3. The van der Waals surface area contributed by atoms with Gasteiger partial charge in [0.2, 0.25) is 0 Å². The summed E-state index contributed by atoms with van der Waals surface area (Å²) in [4.78, 5) is 25.7. The van der Waals surface area contributed by atoms with E-state index in [2.05, 4.69) is 6.08 Å². The van der Waals surface area contributed by atoms with Crippen molar-refractivity contribution in [3.8, 4) is 11.5 Å². The molecule has 1 saturated carbocycles. The highest BCUT2D eigenvalue weighted by molar-refractivity contribution is 6.10. The predicted molar refractivity (Wildman–Crippen MR) is 141 cm³/mol. The Labute approximate surface area is 215 Å². The van der Waals surface area contributed by atoms with Crippen molar-refractivity contribution in [1.82, 2.24) is 5.01 Å². The molecule has 1 heterocycles. The summed E-state index contributed by atoms with van der Waals surface area (Å²) in [5.74, 6) is -0.0672. The molecule has 0 bridgehead atoms. The van der Waals surface area contributed by atoms with Gasteiger partial charge in [0.25, 0.3) is 5.91 Å². The lowest BCUT2D eigenvalue weighted by Gasteiger charge is -2.30. The van der Waals surface area contributed by atoms with Crippen LogP contribution in [0.25, 0.3) is 6.08 Å². The number of fused-ring (bicyclic) bond motifs is 1. The fourth-order valence-electron chi connectivity index (χ4n) is 5.18. The number of carboxylic acid groups (broad SMARTS) is 1. The Morgan fingerprint density at radius 2 is 1.54 bits per heavy atom. The van der Waals surface area contributed by atoms with E-state index in [0.717, 1.165) is 53.2 Å². The van der Waals surface area contributed by atoms with Crippen LogP contribution >= 0.6 is 0 Å². The molecular formula is C30H28N2O5. The average molecular weight is 497 g/mol. The number of allylic oxidation sites excluding steroid dienone is 1. The monoisotopic (exact) mass is 496 g/mol. The zero-order chi connectivity index (χ0) is 25.9. The smallest absolute Gasteiger partial charge is 0.336 e. The van der Waals surface area contributed by atoms with Crippen LogP contribution in [0.4, 0.5) is 0 Å². The molecule has 0 saturated heterocycles. The van der Waals surface area contributed by atoms with Crippen LogP contribution < -0.4 is 9.47 Å². The predicted octanol–water partition coefficient (Wildman–Crippen LogP) is 5.84. The van der Waals surface area contributed by atoms with Crippen LogP contribution in [0.5, 0.6) is 11.5 Å². The van der Waals surface area contributed by atoms with Crippen LogP contribution in [0.1, 0.15) is 57.1 Å². The first kappa shape index (κ1) is 24.3. The van der Waals surface area contributed by atoms with Gasteiger partial charge in [-0.15, -0.1) is 0 Å². The minimum absolute atomic E-state index is 0.00687. The summed E-state index contributed by atoms with van der Waals surface area (Å²) >= 11 is 0. The summed E-state index contributed by atoms with van der Waals surface area (Å²) in [5.41, 5.74) is 4.01. The summed E-state index contributed by atoms with van der Waals surface area (Å²) in [6.07, 6.45) is 4.81. The largest absolute Gasteiger partial charge is 0.497 e. The standard InChI is InChI=1S/C30H28N2O5/c1-36-22-14-10-19(11-15-22)18-21-6-5-9-26-27(21)31-32(28(26)20-12-16-23(37-2)17-13-20)29(33)24-7-3-4-8-25(24)30(34)35/h3-4,7-8,10-18,26,28H,5-6,9H2,1-2H3,(H,34,35)/b21-18+/t26-,28+/m1/s1. The van der Waals surface area contributed by atoms with E-state index in [9.17, 15) is 14.7 Å². The van der Waals surface area contributed by atoms with Crippen molar-refractivity contribution in [2.24, 2.45) is 11.0 Å². The summed E-state index contributed by atoms with van der Waals surface area (Å²) in [6, 6.07) is 21.4. The number of methoxy groups -OCH3 is 2. The second kappa shape index (κ2) is 10.3. The molecular weight excluding hydrogens is 468 g/mol. The van der Waals surface area contributed by atoms with E-state index in [1.807, 2.05) is 48.5 Å². The minimum Gasteiger partial charge on any atom is -0.497 e. The molecule has 3 aromatic carbocycles. The molecule has 5 rings (SSSR count). The van der Waals surface area contributed by atoms with Gasteiger partial charge in [0.05, 0.1) is 37.1 Å². The van der Waals surface area contributed by atoms with Gasteiger partial charge < -0.3 is 14.6 Å².